The van der Waals surface area contributed by atoms with E-state index in [2.05, 4.69) is 19.1 Å². The molecule has 2 aromatic rings. The first-order valence-corrected chi connectivity index (χ1v) is 7.12. The molecule has 2 atom stereocenters. The van der Waals surface area contributed by atoms with Crippen LogP contribution in [-0.4, -0.2) is 18.3 Å². The Morgan fingerprint density at radius 1 is 0.950 bits per heavy atom. The highest BCUT2D eigenvalue weighted by Crippen LogP contribution is 2.25. The number of aliphatic hydroxyl groups is 1. The lowest BCUT2D eigenvalue weighted by Crippen LogP contribution is -2.20. The van der Waals surface area contributed by atoms with Crippen molar-refractivity contribution in [2.24, 2.45) is 0 Å². The zero-order valence-electron chi connectivity index (χ0n) is 12.1. The van der Waals surface area contributed by atoms with Gasteiger partial charge in [0.1, 0.15) is 6.10 Å². The molecule has 0 saturated heterocycles. The quantitative estimate of drug-likeness (QED) is 0.852. The molecule has 2 aromatic carbocycles. The van der Waals surface area contributed by atoms with Crippen molar-refractivity contribution in [2.45, 2.75) is 32.0 Å². The van der Waals surface area contributed by atoms with Gasteiger partial charge < -0.3 is 9.84 Å². The molecule has 1 N–H and O–H groups in total. The molecule has 0 aromatic heterocycles. The standard InChI is InChI=1S/C18H22O2/c1-3-7-17(20-2)18(19)16-12-10-15(11-13-16)14-8-5-4-6-9-14/h4-6,8-13,17-19H,3,7H2,1-2H3. The largest absolute Gasteiger partial charge is 0.386 e. The molecule has 0 aliphatic carbocycles. The van der Waals surface area contributed by atoms with Crippen LogP contribution in [0.3, 0.4) is 0 Å². The number of methoxy groups -OCH3 is 1. The van der Waals surface area contributed by atoms with Crippen LogP contribution >= 0.6 is 0 Å². The third-order valence-electron chi connectivity index (χ3n) is 3.59. The molecule has 0 saturated carbocycles. The fourth-order valence-corrected chi connectivity index (χ4v) is 2.41. The van der Waals surface area contributed by atoms with Crippen LogP contribution in [0.25, 0.3) is 11.1 Å². The van der Waals surface area contributed by atoms with Crippen molar-refractivity contribution in [3.8, 4) is 11.1 Å². The second-order valence-corrected chi connectivity index (χ2v) is 5.00. The average Bonchev–Trinajstić information content (AvgIpc) is 2.53. The summed E-state index contributed by atoms with van der Waals surface area (Å²) >= 11 is 0. The van der Waals surface area contributed by atoms with Gasteiger partial charge >= 0.3 is 0 Å². The van der Waals surface area contributed by atoms with Gasteiger partial charge in [-0.05, 0) is 23.1 Å². The molecule has 0 bridgehead atoms. The lowest BCUT2D eigenvalue weighted by atomic mass is 9.98. The summed E-state index contributed by atoms with van der Waals surface area (Å²) in [4.78, 5) is 0. The van der Waals surface area contributed by atoms with Crippen molar-refractivity contribution in [3.05, 3.63) is 60.2 Å². The Labute approximate surface area is 121 Å². The van der Waals surface area contributed by atoms with Gasteiger partial charge in [-0.25, -0.2) is 0 Å². The topological polar surface area (TPSA) is 29.5 Å². The van der Waals surface area contributed by atoms with Gasteiger partial charge in [0.2, 0.25) is 0 Å². The summed E-state index contributed by atoms with van der Waals surface area (Å²) < 4.78 is 5.37. The minimum atomic E-state index is -0.565. The number of benzene rings is 2. The molecule has 0 radical (unpaired) electrons. The SMILES string of the molecule is CCCC(OC)C(O)c1ccc(-c2ccccc2)cc1. The normalized spacial score (nSPS) is 13.9. The summed E-state index contributed by atoms with van der Waals surface area (Å²) in [5, 5.41) is 10.3. The van der Waals surface area contributed by atoms with Crippen LogP contribution in [0.2, 0.25) is 0 Å². The molecular weight excluding hydrogens is 248 g/mol. The van der Waals surface area contributed by atoms with E-state index in [0.29, 0.717) is 0 Å². The van der Waals surface area contributed by atoms with E-state index in [1.54, 1.807) is 7.11 Å². The Bertz CT molecular complexity index is 505. The zero-order valence-corrected chi connectivity index (χ0v) is 12.1. The van der Waals surface area contributed by atoms with Gasteiger partial charge in [-0.1, -0.05) is 67.9 Å². The van der Waals surface area contributed by atoms with Gasteiger partial charge in [-0.2, -0.15) is 0 Å². The molecule has 2 unspecified atom stereocenters. The number of hydrogen-bond donors (Lipinski definition) is 1. The molecule has 0 heterocycles. The smallest absolute Gasteiger partial charge is 0.105 e. The van der Waals surface area contributed by atoms with E-state index in [1.165, 1.54) is 5.56 Å². The van der Waals surface area contributed by atoms with Crippen LogP contribution in [0.4, 0.5) is 0 Å². The van der Waals surface area contributed by atoms with E-state index in [1.807, 2.05) is 42.5 Å². The highest BCUT2D eigenvalue weighted by atomic mass is 16.5. The highest BCUT2D eigenvalue weighted by molar-refractivity contribution is 5.63. The minimum Gasteiger partial charge on any atom is -0.386 e. The fourth-order valence-electron chi connectivity index (χ4n) is 2.41. The first-order chi connectivity index (χ1) is 9.76. The number of ether oxygens (including phenoxy) is 1. The van der Waals surface area contributed by atoms with E-state index in [9.17, 15) is 5.11 Å². The van der Waals surface area contributed by atoms with Gasteiger partial charge in [0.05, 0.1) is 6.10 Å². The molecule has 0 spiro atoms. The Balaban J connectivity index is 2.15. The van der Waals surface area contributed by atoms with E-state index in [0.717, 1.165) is 24.0 Å². The van der Waals surface area contributed by atoms with Crippen molar-refractivity contribution < 1.29 is 9.84 Å². The second-order valence-electron chi connectivity index (χ2n) is 5.00. The van der Waals surface area contributed by atoms with Crippen LogP contribution in [-0.2, 0) is 4.74 Å². The van der Waals surface area contributed by atoms with Crippen molar-refractivity contribution in [2.75, 3.05) is 7.11 Å². The zero-order chi connectivity index (χ0) is 14.4. The molecule has 2 heteroatoms. The molecular formula is C18H22O2. The predicted molar refractivity (Wildman–Crippen MR) is 82.5 cm³/mol. The molecule has 0 amide bonds. The number of aliphatic hydroxyl groups excluding tert-OH is 1. The van der Waals surface area contributed by atoms with Gasteiger partial charge in [-0.3, -0.25) is 0 Å². The summed E-state index contributed by atoms with van der Waals surface area (Å²) in [6, 6.07) is 18.3. The molecule has 2 nitrogen and oxygen atoms in total. The van der Waals surface area contributed by atoms with Crippen molar-refractivity contribution >= 4 is 0 Å². The van der Waals surface area contributed by atoms with E-state index < -0.39 is 6.10 Å². The molecule has 0 fully saturated rings. The Morgan fingerprint density at radius 2 is 1.55 bits per heavy atom. The van der Waals surface area contributed by atoms with E-state index >= 15 is 0 Å². The summed E-state index contributed by atoms with van der Waals surface area (Å²) in [6.07, 6.45) is 1.16. The van der Waals surface area contributed by atoms with Crippen molar-refractivity contribution in [3.63, 3.8) is 0 Å². The minimum absolute atomic E-state index is 0.137. The Morgan fingerprint density at radius 3 is 2.10 bits per heavy atom. The average molecular weight is 270 g/mol. The molecule has 0 aliphatic heterocycles. The van der Waals surface area contributed by atoms with Crippen LogP contribution in [0.5, 0.6) is 0 Å². The summed E-state index contributed by atoms with van der Waals surface area (Å²) in [6.45, 7) is 2.09. The predicted octanol–water partition coefficient (Wildman–Crippen LogP) is 4.20. The highest BCUT2D eigenvalue weighted by Gasteiger charge is 2.19. The second kappa shape index (κ2) is 7.22. The van der Waals surface area contributed by atoms with Crippen LogP contribution in [0, 0.1) is 0 Å². The molecule has 106 valence electrons. The van der Waals surface area contributed by atoms with Crippen molar-refractivity contribution in [1.82, 2.24) is 0 Å². The lowest BCUT2D eigenvalue weighted by Gasteiger charge is -2.21. The van der Waals surface area contributed by atoms with Crippen LogP contribution in [0.15, 0.2) is 54.6 Å². The third kappa shape index (κ3) is 3.47. The maximum absolute atomic E-state index is 10.3. The lowest BCUT2D eigenvalue weighted by molar-refractivity contribution is -0.0179. The summed E-state index contributed by atoms with van der Waals surface area (Å²) in [5.74, 6) is 0. The first kappa shape index (κ1) is 14.8. The van der Waals surface area contributed by atoms with Crippen molar-refractivity contribution in [1.29, 1.82) is 0 Å². The Kier molecular flexibility index (Phi) is 5.33. The molecule has 2 rings (SSSR count). The van der Waals surface area contributed by atoms with Crippen LogP contribution < -0.4 is 0 Å². The monoisotopic (exact) mass is 270 g/mol. The first-order valence-electron chi connectivity index (χ1n) is 7.12. The maximum Gasteiger partial charge on any atom is 0.105 e. The van der Waals surface area contributed by atoms with E-state index in [-0.39, 0.29) is 6.10 Å². The molecule has 0 aliphatic rings. The number of hydrogen-bond acceptors (Lipinski definition) is 2. The summed E-state index contributed by atoms with van der Waals surface area (Å²) in [7, 11) is 1.65. The molecule has 20 heavy (non-hydrogen) atoms. The summed E-state index contributed by atoms with van der Waals surface area (Å²) in [5.41, 5.74) is 3.25. The Hall–Kier alpha value is -1.64. The maximum atomic E-state index is 10.3. The van der Waals surface area contributed by atoms with Gasteiger partial charge in [0.15, 0.2) is 0 Å². The third-order valence-corrected chi connectivity index (χ3v) is 3.59. The van der Waals surface area contributed by atoms with Gasteiger partial charge in [-0.15, -0.1) is 0 Å². The van der Waals surface area contributed by atoms with Gasteiger partial charge in [0.25, 0.3) is 0 Å². The van der Waals surface area contributed by atoms with E-state index in [4.69, 9.17) is 4.74 Å². The van der Waals surface area contributed by atoms with Gasteiger partial charge in [0, 0.05) is 7.11 Å². The number of rotatable bonds is 6. The fraction of sp³-hybridized carbons (Fsp3) is 0.333. The van der Waals surface area contributed by atoms with Crippen LogP contribution in [0.1, 0.15) is 31.4 Å².